The van der Waals surface area contributed by atoms with E-state index < -0.39 is 20.2 Å². The first-order chi connectivity index (χ1) is 21.8. The van der Waals surface area contributed by atoms with Crippen LogP contribution < -0.4 is 21.6 Å². The molecule has 222 valence electrons. The summed E-state index contributed by atoms with van der Waals surface area (Å²) in [6.07, 6.45) is 0. The maximum Gasteiger partial charge on any atom is 0.488 e. The summed E-state index contributed by atoms with van der Waals surface area (Å²) in [5.41, 5.74) is 5.49. The second kappa shape index (κ2) is 12.8. The first kappa shape index (κ1) is 29.9. The molecular formula is C34H28B2N2O7. The van der Waals surface area contributed by atoms with Crippen LogP contribution in [0.2, 0.25) is 0 Å². The van der Waals surface area contributed by atoms with Crippen molar-refractivity contribution in [3.63, 3.8) is 0 Å². The molecule has 2 aliphatic rings. The van der Waals surface area contributed by atoms with Crippen LogP contribution in [0.5, 0.6) is 0 Å². The van der Waals surface area contributed by atoms with E-state index in [4.69, 9.17) is 4.42 Å². The van der Waals surface area contributed by atoms with Gasteiger partial charge in [-0.25, -0.2) is 4.79 Å². The third-order valence-electron chi connectivity index (χ3n) is 7.71. The summed E-state index contributed by atoms with van der Waals surface area (Å²) >= 11 is 0. The highest BCUT2D eigenvalue weighted by Gasteiger charge is 2.22. The van der Waals surface area contributed by atoms with Crippen molar-refractivity contribution in [2.24, 2.45) is 4.99 Å². The maximum atomic E-state index is 12.2. The number of benzene rings is 5. The summed E-state index contributed by atoms with van der Waals surface area (Å²) in [4.78, 5) is 16.9. The van der Waals surface area contributed by atoms with Gasteiger partial charge in [0.2, 0.25) is 0 Å². The minimum atomic E-state index is -1.61. The molecule has 6 rings (SSSR count). The number of aromatic carboxylic acids is 1. The van der Waals surface area contributed by atoms with E-state index >= 15 is 0 Å². The lowest BCUT2D eigenvalue weighted by Gasteiger charge is -2.18. The molecule has 4 aromatic rings. The van der Waals surface area contributed by atoms with Crippen LogP contribution in [0.4, 0.5) is 5.69 Å². The minimum Gasteiger partial charge on any atom is -0.478 e. The molecule has 11 heteroatoms. The van der Waals surface area contributed by atoms with Gasteiger partial charge in [0, 0.05) is 40.9 Å². The molecule has 6 N–H and O–H groups in total. The largest absolute Gasteiger partial charge is 0.488 e. The number of hydrogen-bond acceptors (Lipinski definition) is 8. The molecule has 0 atom stereocenters. The molecule has 0 spiro atoms. The van der Waals surface area contributed by atoms with Crippen molar-refractivity contribution in [2.45, 2.75) is 13.1 Å². The van der Waals surface area contributed by atoms with Gasteiger partial charge in [-0.1, -0.05) is 66.7 Å². The Morgan fingerprint density at radius 1 is 0.733 bits per heavy atom. The highest BCUT2D eigenvalue weighted by molar-refractivity contribution is 6.59. The van der Waals surface area contributed by atoms with Gasteiger partial charge in [0.1, 0.15) is 11.3 Å². The van der Waals surface area contributed by atoms with E-state index in [-0.39, 0.29) is 12.1 Å². The summed E-state index contributed by atoms with van der Waals surface area (Å²) in [6, 6.07) is 31.8. The lowest BCUT2D eigenvalue weighted by molar-refractivity contribution is 0.0697. The molecule has 0 fully saturated rings. The number of rotatable bonds is 9. The summed E-state index contributed by atoms with van der Waals surface area (Å²) in [5.74, 6) is -0.563. The molecular weight excluding hydrogens is 570 g/mol. The van der Waals surface area contributed by atoms with Crippen LogP contribution in [0, 0.1) is 0 Å². The predicted octanol–water partition coefficient (Wildman–Crippen LogP) is 2.98. The fourth-order valence-corrected chi connectivity index (χ4v) is 5.52. The molecule has 0 unspecified atom stereocenters. The second-order valence-corrected chi connectivity index (χ2v) is 10.5. The zero-order chi connectivity index (χ0) is 31.5. The fourth-order valence-electron chi connectivity index (χ4n) is 5.52. The Labute approximate surface area is 259 Å². The number of anilines is 1. The molecule has 1 aliphatic carbocycles. The van der Waals surface area contributed by atoms with Crippen molar-refractivity contribution in [2.75, 3.05) is 5.32 Å². The summed E-state index contributed by atoms with van der Waals surface area (Å²) < 4.78 is 6.41. The smallest absolute Gasteiger partial charge is 0.478 e. The van der Waals surface area contributed by atoms with Gasteiger partial charge in [-0.3, -0.25) is 4.99 Å². The van der Waals surface area contributed by atoms with Gasteiger partial charge < -0.3 is 34.9 Å². The van der Waals surface area contributed by atoms with Crippen LogP contribution in [0.25, 0.3) is 33.4 Å². The fraction of sp³-hybridized carbons (Fsp3) is 0.0588. The van der Waals surface area contributed by atoms with E-state index in [1.165, 1.54) is 0 Å². The Balaban J connectivity index is 1.47. The van der Waals surface area contributed by atoms with Crippen molar-refractivity contribution in [1.29, 1.82) is 0 Å². The van der Waals surface area contributed by atoms with Gasteiger partial charge in [-0.15, -0.1) is 0 Å². The van der Waals surface area contributed by atoms with Crippen molar-refractivity contribution >= 4 is 47.8 Å². The van der Waals surface area contributed by atoms with Gasteiger partial charge in [0.15, 0.2) is 0 Å². The normalized spacial score (nSPS) is 11.6. The molecule has 1 aliphatic heterocycles. The van der Waals surface area contributed by atoms with Crippen LogP contribution >= 0.6 is 0 Å². The Hall–Kier alpha value is -5.19. The number of carbonyl (C=O) groups is 1. The third-order valence-corrected chi connectivity index (χ3v) is 7.71. The number of carboxylic acid groups (broad SMARTS) is 1. The van der Waals surface area contributed by atoms with Gasteiger partial charge >= 0.3 is 20.2 Å². The number of hydrogen-bond donors (Lipinski definition) is 6. The molecule has 45 heavy (non-hydrogen) atoms. The summed E-state index contributed by atoms with van der Waals surface area (Å²) in [5, 5.41) is 53.6. The Kier molecular flexibility index (Phi) is 8.50. The Bertz CT molecular complexity index is 2060. The molecule has 0 radical (unpaired) electrons. The monoisotopic (exact) mass is 598 g/mol. The van der Waals surface area contributed by atoms with E-state index in [2.05, 4.69) is 10.3 Å². The van der Waals surface area contributed by atoms with Crippen molar-refractivity contribution in [3.05, 3.63) is 131 Å². The van der Waals surface area contributed by atoms with Crippen molar-refractivity contribution in [1.82, 2.24) is 0 Å². The molecule has 0 amide bonds. The molecule has 0 saturated heterocycles. The van der Waals surface area contributed by atoms with E-state index in [1.807, 2.05) is 42.5 Å². The molecule has 0 aromatic heterocycles. The number of carboxylic acids is 1. The molecule has 0 bridgehead atoms. The topological polar surface area (TPSA) is 156 Å². The summed E-state index contributed by atoms with van der Waals surface area (Å²) in [7, 11) is -3.21. The van der Waals surface area contributed by atoms with Crippen LogP contribution in [-0.4, -0.2) is 45.4 Å². The minimum absolute atomic E-state index is 0.153. The second-order valence-electron chi connectivity index (χ2n) is 10.5. The van der Waals surface area contributed by atoms with E-state index in [0.717, 1.165) is 5.56 Å². The van der Waals surface area contributed by atoms with Gasteiger partial charge in [0.25, 0.3) is 0 Å². The Morgan fingerprint density at radius 2 is 1.40 bits per heavy atom. The van der Waals surface area contributed by atoms with Gasteiger partial charge in [0.05, 0.1) is 17.5 Å². The SMILES string of the molecule is O=C(O)c1ccccc1-c1c2ccc(=NCc3ccccc3B(O)O)cc-2oc2cc(NCc3ccccc3B(O)O)ccc12. The molecule has 1 heterocycles. The average molecular weight is 598 g/mol. The van der Waals surface area contributed by atoms with Crippen molar-refractivity contribution in [3.8, 4) is 22.5 Å². The molecule has 9 nitrogen and oxygen atoms in total. The predicted molar refractivity (Wildman–Crippen MR) is 174 cm³/mol. The number of fused-ring (bicyclic) bond motifs is 2. The lowest BCUT2D eigenvalue weighted by Crippen LogP contribution is -2.33. The van der Waals surface area contributed by atoms with E-state index in [1.54, 1.807) is 66.7 Å². The highest BCUT2D eigenvalue weighted by Crippen LogP contribution is 2.41. The Morgan fingerprint density at radius 3 is 2.13 bits per heavy atom. The zero-order valence-corrected chi connectivity index (χ0v) is 24.0. The average Bonchev–Trinajstić information content (AvgIpc) is 3.05. The standard InChI is InChI=1S/C34H28B2N2O7/c39-34(40)26-10-4-3-9-25(26)33-27-15-13-23(37-19-21-7-1-5-11-29(21)35(41)42)17-31(27)45-32-18-24(14-16-28(32)33)38-20-22-8-2-6-12-30(22)36(43)44/h1-18,37,41-44H,19-20H2,(H,39,40). The van der Waals surface area contributed by atoms with Gasteiger partial charge in [-0.05, 0) is 57.9 Å². The maximum absolute atomic E-state index is 12.2. The highest BCUT2D eigenvalue weighted by atomic mass is 16.4. The van der Waals surface area contributed by atoms with Crippen LogP contribution in [-0.2, 0) is 13.1 Å². The lowest BCUT2D eigenvalue weighted by atomic mass is 9.77. The third kappa shape index (κ3) is 6.24. The van der Waals surface area contributed by atoms with Gasteiger partial charge in [-0.2, -0.15) is 0 Å². The van der Waals surface area contributed by atoms with Crippen LogP contribution in [0.3, 0.4) is 0 Å². The first-order valence-corrected chi connectivity index (χ1v) is 14.3. The van der Waals surface area contributed by atoms with Crippen LogP contribution in [0.1, 0.15) is 21.5 Å². The molecule has 0 saturated carbocycles. The first-order valence-electron chi connectivity index (χ1n) is 14.3. The van der Waals surface area contributed by atoms with E-state index in [0.29, 0.717) is 67.5 Å². The zero-order valence-electron chi connectivity index (χ0n) is 24.0. The quantitative estimate of drug-likeness (QED) is 0.110. The van der Waals surface area contributed by atoms with Crippen LogP contribution in [0.15, 0.2) is 119 Å². The number of nitrogens with zero attached hydrogens (tertiary/aromatic N) is 1. The number of nitrogens with one attached hydrogen (secondary N) is 1. The summed E-state index contributed by atoms with van der Waals surface area (Å²) in [6.45, 7) is 0.536. The molecule has 4 aromatic carbocycles. The van der Waals surface area contributed by atoms with E-state index in [9.17, 15) is 30.0 Å². The van der Waals surface area contributed by atoms with Crippen molar-refractivity contribution < 1.29 is 34.4 Å².